The van der Waals surface area contributed by atoms with Crippen molar-refractivity contribution in [3.8, 4) is 0 Å². The van der Waals surface area contributed by atoms with Gasteiger partial charge in [0.15, 0.2) is 0 Å². The Morgan fingerprint density at radius 1 is 1.36 bits per heavy atom. The molecule has 0 heterocycles. The van der Waals surface area contributed by atoms with Crippen molar-refractivity contribution in [1.82, 2.24) is 4.72 Å². The molecule has 1 rings (SSSR count). The van der Waals surface area contributed by atoms with E-state index in [0.29, 0.717) is 6.42 Å². The molecule has 0 aliphatic rings. The van der Waals surface area contributed by atoms with Gasteiger partial charge in [-0.25, -0.2) is 17.9 Å². The van der Waals surface area contributed by atoms with Gasteiger partial charge in [0.1, 0.15) is 0 Å². The van der Waals surface area contributed by atoms with E-state index in [-0.39, 0.29) is 35.3 Å². The molecule has 0 bridgehead atoms. The van der Waals surface area contributed by atoms with Crippen LogP contribution in [0.4, 0.5) is 5.69 Å². The maximum Gasteiger partial charge on any atom is 0.337 e. The van der Waals surface area contributed by atoms with Gasteiger partial charge in [0.05, 0.1) is 17.1 Å². The normalized spacial score (nSPS) is 12.9. The van der Waals surface area contributed by atoms with Gasteiger partial charge in [-0.3, -0.25) is 0 Å². The van der Waals surface area contributed by atoms with Crippen molar-refractivity contribution in [3.63, 3.8) is 0 Å². The molecular weight excluding hydrogens is 308 g/mol. The first-order valence-electron chi connectivity index (χ1n) is 7.06. The lowest BCUT2D eigenvalue weighted by Gasteiger charge is -2.15. The van der Waals surface area contributed by atoms with Crippen molar-refractivity contribution in [2.75, 3.05) is 18.5 Å². The number of aliphatic hydroxyl groups excluding tert-OH is 1. The molecule has 8 heteroatoms. The van der Waals surface area contributed by atoms with Gasteiger partial charge in [0, 0.05) is 18.3 Å². The highest BCUT2D eigenvalue weighted by Gasteiger charge is 2.20. The number of nitrogens with one attached hydrogen (secondary N) is 2. The molecule has 0 spiro atoms. The largest absolute Gasteiger partial charge is 0.478 e. The van der Waals surface area contributed by atoms with Crippen LogP contribution in [0.2, 0.25) is 0 Å². The minimum atomic E-state index is -3.77. The lowest BCUT2D eigenvalue weighted by Crippen LogP contribution is -2.32. The van der Waals surface area contributed by atoms with Crippen LogP contribution in [0.1, 0.15) is 37.0 Å². The molecule has 124 valence electrons. The molecule has 0 unspecified atom stereocenters. The van der Waals surface area contributed by atoms with Crippen molar-refractivity contribution in [2.24, 2.45) is 0 Å². The van der Waals surface area contributed by atoms with Crippen molar-refractivity contribution in [3.05, 3.63) is 23.8 Å². The summed E-state index contributed by atoms with van der Waals surface area (Å²) in [6.45, 7) is 3.73. The molecule has 0 aliphatic carbocycles. The van der Waals surface area contributed by atoms with Crippen molar-refractivity contribution >= 4 is 21.7 Å². The molecule has 0 aliphatic heterocycles. The van der Waals surface area contributed by atoms with Crippen molar-refractivity contribution in [1.29, 1.82) is 0 Å². The second-order valence-electron chi connectivity index (χ2n) is 4.97. The third-order valence-electron chi connectivity index (χ3n) is 3.04. The zero-order valence-electron chi connectivity index (χ0n) is 12.7. The molecule has 0 radical (unpaired) electrons. The summed E-state index contributed by atoms with van der Waals surface area (Å²) in [7, 11) is -3.77. The molecule has 0 saturated heterocycles. The fraction of sp³-hybridized carbons (Fsp3) is 0.500. The average Bonchev–Trinajstić information content (AvgIpc) is 2.44. The summed E-state index contributed by atoms with van der Waals surface area (Å²) < 4.78 is 27.0. The molecule has 0 saturated carbocycles. The predicted octanol–water partition coefficient (Wildman–Crippen LogP) is 1.26. The fourth-order valence-electron chi connectivity index (χ4n) is 2.04. The maximum atomic E-state index is 12.3. The van der Waals surface area contributed by atoms with Crippen molar-refractivity contribution in [2.45, 2.75) is 37.6 Å². The SMILES string of the molecule is CCC[C@H](C)NS(=O)(=O)c1ccc(NCCO)c(C(=O)O)c1. The number of aliphatic hydroxyl groups is 1. The highest BCUT2D eigenvalue weighted by molar-refractivity contribution is 7.89. The summed E-state index contributed by atoms with van der Waals surface area (Å²) in [4.78, 5) is 11.2. The Hall–Kier alpha value is -1.64. The first-order chi connectivity index (χ1) is 10.3. The highest BCUT2D eigenvalue weighted by atomic mass is 32.2. The number of carboxylic acid groups (broad SMARTS) is 1. The number of carboxylic acids is 1. The van der Waals surface area contributed by atoms with Crippen LogP contribution >= 0.6 is 0 Å². The average molecular weight is 330 g/mol. The Morgan fingerprint density at radius 3 is 2.59 bits per heavy atom. The summed E-state index contributed by atoms with van der Waals surface area (Å²) in [5, 5.41) is 20.7. The van der Waals surface area contributed by atoms with E-state index in [1.54, 1.807) is 6.92 Å². The van der Waals surface area contributed by atoms with Crippen LogP contribution in [0.3, 0.4) is 0 Å². The number of aromatic carboxylic acids is 1. The van der Waals surface area contributed by atoms with Gasteiger partial charge in [-0.1, -0.05) is 13.3 Å². The van der Waals surface area contributed by atoms with Gasteiger partial charge in [0.25, 0.3) is 0 Å². The quantitative estimate of drug-likeness (QED) is 0.542. The number of hydrogen-bond acceptors (Lipinski definition) is 5. The minimum absolute atomic E-state index is 0.0950. The predicted molar refractivity (Wildman–Crippen MR) is 83.7 cm³/mol. The van der Waals surface area contributed by atoms with E-state index in [1.807, 2.05) is 6.92 Å². The molecule has 7 nitrogen and oxygen atoms in total. The maximum absolute atomic E-state index is 12.3. The minimum Gasteiger partial charge on any atom is -0.478 e. The Balaban J connectivity index is 3.10. The standard InChI is InChI=1S/C14H22N2O5S/c1-3-4-10(2)16-22(20,21)11-5-6-13(15-7-8-17)12(9-11)14(18)19/h5-6,9-10,15-17H,3-4,7-8H2,1-2H3,(H,18,19)/t10-/m0/s1. The molecule has 0 fully saturated rings. The van der Waals surface area contributed by atoms with Crippen LogP contribution in [0, 0.1) is 0 Å². The Bertz CT molecular complexity index is 616. The summed E-state index contributed by atoms with van der Waals surface area (Å²) in [6, 6.07) is 3.62. The number of anilines is 1. The lowest BCUT2D eigenvalue weighted by molar-refractivity contribution is 0.0697. The summed E-state index contributed by atoms with van der Waals surface area (Å²) in [6.07, 6.45) is 1.54. The van der Waals surface area contributed by atoms with Gasteiger partial charge in [-0.15, -0.1) is 0 Å². The van der Waals surface area contributed by atoms with Crippen LogP contribution in [-0.4, -0.2) is 43.8 Å². The number of sulfonamides is 1. The molecule has 1 aromatic rings. The molecule has 0 aromatic heterocycles. The summed E-state index contributed by atoms with van der Waals surface area (Å²) >= 11 is 0. The van der Waals surface area contributed by atoms with Crippen LogP contribution in [-0.2, 0) is 10.0 Å². The van der Waals surface area contributed by atoms with E-state index >= 15 is 0 Å². The second kappa shape index (κ2) is 8.11. The molecule has 22 heavy (non-hydrogen) atoms. The van der Waals surface area contributed by atoms with Gasteiger partial charge >= 0.3 is 5.97 Å². The van der Waals surface area contributed by atoms with E-state index < -0.39 is 16.0 Å². The van der Waals surface area contributed by atoms with Gasteiger partial charge < -0.3 is 15.5 Å². The third kappa shape index (κ3) is 4.97. The van der Waals surface area contributed by atoms with E-state index in [9.17, 15) is 18.3 Å². The van der Waals surface area contributed by atoms with Crippen LogP contribution < -0.4 is 10.0 Å². The van der Waals surface area contributed by atoms with Gasteiger partial charge in [0.2, 0.25) is 10.0 Å². The smallest absolute Gasteiger partial charge is 0.337 e. The zero-order chi connectivity index (χ0) is 16.8. The second-order valence-corrected chi connectivity index (χ2v) is 6.69. The van der Waals surface area contributed by atoms with Crippen LogP contribution in [0.15, 0.2) is 23.1 Å². The summed E-state index contributed by atoms with van der Waals surface area (Å²) in [5.74, 6) is -1.24. The number of rotatable bonds is 9. The topological polar surface area (TPSA) is 116 Å². The fourth-order valence-corrected chi connectivity index (χ4v) is 3.34. The zero-order valence-corrected chi connectivity index (χ0v) is 13.5. The first kappa shape index (κ1) is 18.4. The Kier molecular flexibility index (Phi) is 6.79. The molecule has 0 amide bonds. The Labute approximate surface area is 130 Å². The highest BCUT2D eigenvalue weighted by Crippen LogP contribution is 2.21. The number of benzene rings is 1. The summed E-state index contributed by atoms with van der Waals surface area (Å²) in [5.41, 5.74) is 0.113. The van der Waals surface area contributed by atoms with E-state index in [4.69, 9.17) is 5.11 Å². The van der Waals surface area contributed by atoms with E-state index in [1.165, 1.54) is 12.1 Å². The van der Waals surface area contributed by atoms with Gasteiger partial charge in [-0.05, 0) is 31.5 Å². The lowest BCUT2D eigenvalue weighted by atomic mass is 10.2. The molecule has 1 aromatic carbocycles. The third-order valence-corrected chi connectivity index (χ3v) is 4.62. The number of carbonyl (C=O) groups is 1. The molecule has 1 atom stereocenters. The molecular formula is C14H22N2O5S. The van der Waals surface area contributed by atoms with Crippen LogP contribution in [0.25, 0.3) is 0 Å². The molecule has 4 N–H and O–H groups in total. The van der Waals surface area contributed by atoms with Crippen molar-refractivity contribution < 1.29 is 23.4 Å². The van der Waals surface area contributed by atoms with E-state index in [0.717, 1.165) is 12.5 Å². The monoisotopic (exact) mass is 330 g/mol. The van der Waals surface area contributed by atoms with Crippen LogP contribution in [0.5, 0.6) is 0 Å². The Morgan fingerprint density at radius 2 is 2.05 bits per heavy atom. The van der Waals surface area contributed by atoms with Gasteiger partial charge in [-0.2, -0.15) is 0 Å². The number of hydrogen-bond donors (Lipinski definition) is 4. The van der Waals surface area contributed by atoms with E-state index in [2.05, 4.69) is 10.0 Å². The first-order valence-corrected chi connectivity index (χ1v) is 8.54.